The fourth-order valence-corrected chi connectivity index (χ4v) is 1.60. The lowest BCUT2D eigenvalue weighted by Crippen LogP contribution is -2.00. The van der Waals surface area contributed by atoms with E-state index in [-0.39, 0.29) is 5.78 Å². The van der Waals surface area contributed by atoms with Crippen molar-refractivity contribution >= 4 is 11.5 Å². The molecule has 2 nitrogen and oxygen atoms in total. The molecule has 74 valence electrons. The normalized spacial score (nSPS) is 15.4. The van der Waals surface area contributed by atoms with Gasteiger partial charge >= 0.3 is 0 Å². The second-order valence-corrected chi connectivity index (χ2v) is 4.03. The van der Waals surface area contributed by atoms with Gasteiger partial charge in [-0.05, 0) is 24.5 Å². The number of hydrogen-bond donors (Lipinski definition) is 1. The summed E-state index contributed by atoms with van der Waals surface area (Å²) in [4.78, 5) is 11.7. The maximum absolute atomic E-state index is 11.7. The summed E-state index contributed by atoms with van der Waals surface area (Å²) in [6, 6.07) is 7.23. The zero-order chi connectivity index (χ0) is 9.97. The summed E-state index contributed by atoms with van der Waals surface area (Å²) >= 11 is 0. The lowest BCUT2D eigenvalue weighted by molar-refractivity contribution is 0.0978. The van der Waals surface area contributed by atoms with E-state index in [1.54, 1.807) is 12.1 Å². The van der Waals surface area contributed by atoms with Crippen LogP contribution in [0.25, 0.3) is 0 Å². The molecule has 2 rings (SSSR count). The van der Waals surface area contributed by atoms with Gasteiger partial charge in [-0.3, -0.25) is 4.79 Å². The van der Waals surface area contributed by atoms with Crippen LogP contribution >= 0.6 is 0 Å². The van der Waals surface area contributed by atoms with Gasteiger partial charge in [0.2, 0.25) is 0 Å². The van der Waals surface area contributed by atoms with Gasteiger partial charge in [-0.2, -0.15) is 0 Å². The van der Waals surface area contributed by atoms with Crippen molar-refractivity contribution in [2.45, 2.75) is 25.7 Å². The summed E-state index contributed by atoms with van der Waals surface area (Å²) < 4.78 is 0. The number of benzene rings is 1. The van der Waals surface area contributed by atoms with Crippen LogP contribution in [0.15, 0.2) is 24.3 Å². The summed E-state index contributed by atoms with van der Waals surface area (Å²) in [7, 11) is 0. The largest absolute Gasteiger partial charge is 0.399 e. The Bertz CT molecular complexity index is 342. The molecule has 0 heterocycles. The van der Waals surface area contributed by atoms with Gasteiger partial charge in [-0.1, -0.05) is 25.0 Å². The fourth-order valence-electron chi connectivity index (χ4n) is 1.60. The Kier molecular flexibility index (Phi) is 2.53. The molecule has 2 heteroatoms. The molecular formula is C12H15NO. The fraction of sp³-hybridized carbons (Fsp3) is 0.417. The molecule has 1 fully saturated rings. The summed E-state index contributed by atoms with van der Waals surface area (Å²) in [6.45, 7) is 0. The van der Waals surface area contributed by atoms with Crippen molar-refractivity contribution in [3.8, 4) is 0 Å². The molecule has 1 aliphatic rings. The van der Waals surface area contributed by atoms with Gasteiger partial charge in [-0.25, -0.2) is 0 Å². The van der Waals surface area contributed by atoms with E-state index in [2.05, 4.69) is 0 Å². The Morgan fingerprint density at radius 1 is 1.43 bits per heavy atom. The highest BCUT2D eigenvalue weighted by Crippen LogP contribution is 2.33. The number of Topliss-reactive ketones (excluding diaryl/α,β-unsaturated/α-hetero) is 1. The molecule has 0 spiro atoms. The van der Waals surface area contributed by atoms with Crippen LogP contribution in [0, 0.1) is 5.92 Å². The molecule has 0 aromatic heterocycles. The van der Waals surface area contributed by atoms with Crippen LogP contribution in [0.2, 0.25) is 0 Å². The minimum atomic E-state index is 0.226. The Morgan fingerprint density at radius 3 is 2.86 bits per heavy atom. The molecule has 0 saturated heterocycles. The van der Waals surface area contributed by atoms with Crippen LogP contribution < -0.4 is 5.73 Å². The Hall–Kier alpha value is -1.31. The van der Waals surface area contributed by atoms with Gasteiger partial charge in [0.25, 0.3) is 0 Å². The maximum Gasteiger partial charge on any atom is 0.162 e. The van der Waals surface area contributed by atoms with Gasteiger partial charge in [0.05, 0.1) is 0 Å². The predicted molar refractivity (Wildman–Crippen MR) is 57.1 cm³/mol. The quantitative estimate of drug-likeness (QED) is 0.584. The van der Waals surface area contributed by atoms with Crippen molar-refractivity contribution in [3.63, 3.8) is 0 Å². The number of hydrogen-bond acceptors (Lipinski definition) is 2. The van der Waals surface area contributed by atoms with Gasteiger partial charge in [0.1, 0.15) is 0 Å². The van der Waals surface area contributed by atoms with E-state index in [1.807, 2.05) is 12.1 Å². The minimum absolute atomic E-state index is 0.226. The zero-order valence-corrected chi connectivity index (χ0v) is 8.20. The van der Waals surface area contributed by atoms with Gasteiger partial charge in [0, 0.05) is 17.7 Å². The average molecular weight is 189 g/mol. The standard InChI is InChI=1S/C12H15NO/c13-11-3-1-2-10(8-11)12(14)7-6-9-4-5-9/h1-3,8-9H,4-7,13H2. The molecule has 0 atom stereocenters. The lowest BCUT2D eigenvalue weighted by Gasteiger charge is -2.01. The van der Waals surface area contributed by atoms with Gasteiger partial charge < -0.3 is 5.73 Å². The molecule has 2 N–H and O–H groups in total. The number of anilines is 1. The van der Waals surface area contributed by atoms with E-state index >= 15 is 0 Å². The van der Waals surface area contributed by atoms with E-state index in [0.717, 1.165) is 17.9 Å². The van der Waals surface area contributed by atoms with E-state index in [4.69, 9.17) is 5.73 Å². The van der Waals surface area contributed by atoms with Gasteiger partial charge in [0.15, 0.2) is 5.78 Å². The third-order valence-electron chi connectivity index (χ3n) is 2.69. The molecule has 0 radical (unpaired) electrons. The van der Waals surface area contributed by atoms with Crippen LogP contribution in [0.3, 0.4) is 0 Å². The van der Waals surface area contributed by atoms with Gasteiger partial charge in [-0.15, -0.1) is 0 Å². The highest BCUT2D eigenvalue weighted by atomic mass is 16.1. The van der Waals surface area contributed by atoms with E-state index < -0.39 is 0 Å². The summed E-state index contributed by atoms with van der Waals surface area (Å²) in [6.07, 6.45) is 4.34. The van der Waals surface area contributed by atoms with Crippen molar-refractivity contribution in [2.75, 3.05) is 5.73 Å². The Labute approximate surface area is 84.1 Å². The van der Waals surface area contributed by atoms with E-state index in [0.29, 0.717) is 12.1 Å². The van der Waals surface area contributed by atoms with Crippen molar-refractivity contribution in [2.24, 2.45) is 5.92 Å². The Morgan fingerprint density at radius 2 is 2.21 bits per heavy atom. The molecular weight excluding hydrogens is 174 g/mol. The monoisotopic (exact) mass is 189 g/mol. The highest BCUT2D eigenvalue weighted by Gasteiger charge is 2.22. The first-order valence-corrected chi connectivity index (χ1v) is 5.14. The van der Waals surface area contributed by atoms with Crippen molar-refractivity contribution in [3.05, 3.63) is 29.8 Å². The first kappa shape index (κ1) is 9.25. The number of ketones is 1. The summed E-state index contributed by atoms with van der Waals surface area (Å²) in [5.41, 5.74) is 7.04. The molecule has 1 aromatic carbocycles. The molecule has 1 aliphatic carbocycles. The van der Waals surface area contributed by atoms with Crippen molar-refractivity contribution in [1.29, 1.82) is 0 Å². The number of carbonyl (C=O) groups is 1. The molecule has 0 aliphatic heterocycles. The topological polar surface area (TPSA) is 43.1 Å². The first-order valence-electron chi connectivity index (χ1n) is 5.14. The van der Waals surface area contributed by atoms with Crippen molar-refractivity contribution < 1.29 is 4.79 Å². The van der Waals surface area contributed by atoms with Crippen LogP contribution in [0.5, 0.6) is 0 Å². The zero-order valence-electron chi connectivity index (χ0n) is 8.20. The molecule has 0 amide bonds. The second kappa shape index (κ2) is 3.82. The van der Waals surface area contributed by atoms with E-state index in [9.17, 15) is 4.79 Å². The molecule has 1 aromatic rings. The number of rotatable bonds is 4. The summed E-state index contributed by atoms with van der Waals surface area (Å²) in [5.74, 6) is 1.05. The SMILES string of the molecule is Nc1cccc(C(=O)CCC2CC2)c1. The second-order valence-electron chi connectivity index (χ2n) is 4.03. The van der Waals surface area contributed by atoms with Crippen molar-refractivity contribution in [1.82, 2.24) is 0 Å². The molecule has 0 bridgehead atoms. The van der Waals surface area contributed by atoms with Crippen LogP contribution in [0.4, 0.5) is 5.69 Å². The third-order valence-corrected chi connectivity index (χ3v) is 2.69. The minimum Gasteiger partial charge on any atom is -0.399 e. The number of nitrogens with two attached hydrogens (primary N) is 1. The van der Waals surface area contributed by atoms with Crippen LogP contribution in [-0.2, 0) is 0 Å². The lowest BCUT2D eigenvalue weighted by atomic mass is 10.0. The summed E-state index contributed by atoms with van der Waals surface area (Å²) in [5, 5.41) is 0. The highest BCUT2D eigenvalue weighted by molar-refractivity contribution is 5.96. The molecule has 0 unspecified atom stereocenters. The van der Waals surface area contributed by atoms with Crippen LogP contribution in [0.1, 0.15) is 36.0 Å². The first-order chi connectivity index (χ1) is 6.75. The molecule has 1 saturated carbocycles. The van der Waals surface area contributed by atoms with E-state index in [1.165, 1.54) is 12.8 Å². The number of carbonyl (C=O) groups excluding carboxylic acids is 1. The predicted octanol–water partition coefficient (Wildman–Crippen LogP) is 2.64. The smallest absolute Gasteiger partial charge is 0.162 e. The molecule has 14 heavy (non-hydrogen) atoms. The average Bonchev–Trinajstić information content (AvgIpc) is 2.97. The third kappa shape index (κ3) is 2.34. The Balaban J connectivity index is 1.95. The maximum atomic E-state index is 11.7. The van der Waals surface area contributed by atoms with Crippen LogP contribution in [-0.4, -0.2) is 5.78 Å². The number of nitrogen functional groups attached to an aromatic ring is 1.